The van der Waals surface area contributed by atoms with Crippen LogP contribution in [-0.4, -0.2) is 62.4 Å². The molecule has 6 rings (SSSR count). The third kappa shape index (κ3) is 3.47. The summed E-state index contributed by atoms with van der Waals surface area (Å²) in [7, 11) is 2.74. The number of rotatable bonds is 4. The number of fused-ring (bicyclic) bond motifs is 4. The van der Waals surface area contributed by atoms with E-state index in [0.717, 1.165) is 9.78 Å². The lowest BCUT2D eigenvalue weighted by Gasteiger charge is -2.50. The molecule has 204 valence electrons. The first-order valence-corrected chi connectivity index (χ1v) is 14.7. The first-order chi connectivity index (χ1) is 18.5. The maximum Gasteiger partial charge on any atom is 0.253 e. The number of nitrogens with zero attached hydrogens (tertiary/aromatic N) is 2. The second-order valence-electron chi connectivity index (χ2n) is 10.4. The van der Waals surface area contributed by atoms with Gasteiger partial charge in [-0.3, -0.25) is 29.0 Å². The van der Waals surface area contributed by atoms with E-state index in [0.29, 0.717) is 15.6 Å². The maximum absolute atomic E-state index is 13.8. The second-order valence-corrected chi connectivity index (χ2v) is 13.5. The molecule has 4 aliphatic rings. The summed E-state index contributed by atoms with van der Waals surface area (Å²) in [6.45, 7) is 0.182. The van der Waals surface area contributed by atoms with Gasteiger partial charge in [-0.05, 0) is 63.8 Å². The van der Waals surface area contributed by atoms with Gasteiger partial charge in [0, 0.05) is 17.8 Å². The van der Waals surface area contributed by atoms with Crippen molar-refractivity contribution in [1.29, 1.82) is 0 Å². The summed E-state index contributed by atoms with van der Waals surface area (Å²) < 4.78 is 5.65. The van der Waals surface area contributed by atoms with Gasteiger partial charge >= 0.3 is 0 Å². The van der Waals surface area contributed by atoms with Gasteiger partial charge in [0.15, 0.2) is 21.2 Å². The summed E-state index contributed by atoms with van der Waals surface area (Å²) in [5, 5.41) is 12.3. The smallest absolute Gasteiger partial charge is 0.253 e. The van der Waals surface area contributed by atoms with Crippen LogP contribution in [-0.2, 0) is 25.7 Å². The molecule has 6 unspecified atom stereocenters. The molecule has 2 aliphatic carbocycles. The molecule has 1 saturated carbocycles. The lowest BCUT2D eigenvalue weighted by Crippen LogP contribution is -2.60. The minimum absolute atomic E-state index is 0.0707. The molecule has 4 amide bonds. The topological polar surface area (TPSA) is 104 Å². The number of methoxy groups -OCH3 is 1. The Labute approximate surface area is 246 Å². The van der Waals surface area contributed by atoms with Crippen molar-refractivity contribution in [3.63, 3.8) is 0 Å². The Bertz CT molecular complexity index is 1480. The van der Waals surface area contributed by atoms with Crippen LogP contribution in [0.4, 0.5) is 0 Å². The molecule has 8 nitrogen and oxygen atoms in total. The van der Waals surface area contributed by atoms with E-state index in [1.54, 1.807) is 12.1 Å². The molecule has 3 fully saturated rings. The van der Waals surface area contributed by atoms with E-state index in [-0.39, 0.29) is 42.7 Å². The van der Waals surface area contributed by atoms with Crippen LogP contribution in [0.25, 0.3) is 0 Å². The van der Waals surface area contributed by atoms with Crippen LogP contribution in [0.3, 0.4) is 0 Å². The van der Waals surface area contributed by atoms with Crippen molar-refractivity contribution < 1.29 is 29.0 Å². The molecule has 0 spiro atoms. The number of hydrogen-bond donors (Lipinski definition) is 1. The van der Waals surface area contributed by atoms with Crippen molar-refractivity contribution in [1.82, 2.24) is 9.80 Å². The van der Waals surface area contributed by atoms with Crippen LogP contribution in [0, 0.1) is 17.8 Å². The van der Waals surface area contributed by atoms with Gasteiger partial charge in [-0.2, -0.15) is 0 Å². The van der Waals surface area contributed by atoms with Crippen molar-refractivity contribution in [2.75, 3.05) is 14.2 Å². The fraction of sp³-hybridized carbons (Fsp3) is 0.407. The van der Waals surface area contributed by atoms with Crippen molar-refractivity contribution in [2.45, 2.75) is 35.1 Å². The zero-order valence-corrected chi connectivity index (χ0v) is 24.7. The van der Waals surface area contributed by atoms with Crippen LogP contribution in [0.15, 0.2) is 45.8 Å². The molecule has 1 aromatic heterocycles. The van der Waals surface area contributed by atoms with Gasteiger partial charge in [0.2, 0.25) is 11.8 Å². The summed E-state index contributed by atoms with van der Waals surface area (Å²) in [4.78, 5) is 53.8. The zero-order valence-electron chi connectivity index (χ0n) is 20.8. The lowest BCUT2D eigenvalue weighted by atomic mass is 9.56. The van der Waals surface area contributed by atoms with Gasteiger partial charge < -0.3 is 9.84 Å². The van der Waals surface area contributed by atoms with Gasteiger partial charge in [0.05, 0.1) is 30.0 Å². The number of aromatic hydroxyl groups is 1. The van der Waals surface area contributed by atoms with Crippen molar-refractivity contribution in [3.05, 3.63) is 56.2 Å². The maximum atomic E-state index is 13.8. The average molecular weight is 654 g/mol. The van der Waals surface area contributed by atoms with Gasteiger partial charge in [0.1, 0.15) is 0 Å². The number of amides is 4. The number of ether oxygens (including phenoxy) is 1. The summed E-state index contributed by atoms with van der Waals surface area (Å²) in [6.07, 6.45) is 2.09. The van der Waals surface area contributed by atoms with Crippen LogP contribution < -0.4 is 4.74 Å². The second kappa shape index (κ2) is 9.06. The molecular formula is C27H23BrCl2N2O6S. The molecular weight excluding hydrogens is 631 g/mol. The number of benzene rings is 1. The van der Waals surface area contributed by atoms with E-state index in [1.807, 2.05) is 23.6 Å². The SMILES string of the molecule is COc1cc(C2C3=CCC4C(=O)N(Cc5cccs5)C(=O)C4C3CC3(Cl)C(=O)N(C)C(=O)C23Cl)cc(Br)c1O. The number of hydrogen-bond acceptors (Lipinski definition) is 7. The number of alkyl halides is 2. The summed E-state index contributed by atoms with van der Waals surface area (Å²) >= 11 is 19.2. The average Bonchev–Trinajstić information content (AvgIpc) is 3.55. The number of thiophene rings is 1. The molecule has 1 aromatic carbocycles. The van der Waals surface area contributed by atoms with Crippen molar-refractivity contribution in [3.8, 4) is 11.5 Å². The molecule has 1 N–H and O–H groups in total. The van der Waals surface area contributed by atoms with E-state index >= 15 is 0 Å². The predicted molar refractivity (Wildman–Crippen MR) is 148 cm³/mol. The van der Waals surface area contributed by atoms with Crippen LogP contribution in [0.2, 0.25) is 0 Å². The van der Waals surface area contributed by atoms with E-state index in [2.05, 4.69) is 15.9 Å². The van der Waals surface area contributed by atoms with E-state index in [1.165, 1.54) is 30.4 Å². The van der Waals surface area contributed by atoms with E-state index in [9.17, 15) is 24.3 Å². The molecule has 0 radical (unpaired) electrons. The Morgan fingerprint density at radius 2 is 1.90 bits per heavy atom. The van der Waals surface area contributed by atoms with Crippen LogP contribution in [0.5, 0.6) is 11.5 Å². The number of carbonyl (C=O) groups is 4. The minimum atomic E-state index is -1.90. The largest absolute Gasteiger partial charge is 0.503 e. The first kappa shape index (κ1) is 26.8. The van der Waals surface area contributed by atoms with Crippen LogP contribution >= 0.6 is 50.5 Å². The fourth-order valence-corrected chi connectivity index (χ4v) is 8.99. The molecule has 6 atom stereocenters. The first-order valence-electron chi connectivity index (χ1n) is 12.3. The highest BCUT2D eigenvalue weighted by molar-refractivity contribution is 9.10. The Hall–Kier alpha value is -2.40. The van der Waals surface area contributed by atoms with Crippen LogP contribution in [0.1, 0.15) is 29.2 Å². The summed E-state index contributed by atoms with van der Waals surface area (Å²) in [5.41, 5.74) is 1.16. The fourth-order valence-electron chi connectivity index (χ4n) is 6.81. The molecule has 39 heavy (non-hydrogen) atoms. The number of phenolic OH excluding ortho intramolecular Hbond substituents is 1. The van der Waals surface area contributed by atoms with Gasteiger partial charge in [-0.1, -0.05) is 17.7 Å². The number of allylic oxidation sites excluding steroid dienone is 2. The Balaban J connectivity index is 1.51. The normalized spacial score (nSPS) is 33.7. The molecule has 0 bridgehead atoms. The number of phenols is 1. The Morgan fingerprint density at radius 1 is 1.15 bits per heavy atom. The minimum Gasteiger partial charge on any atom is -0.503 e. The molecule has 3 heterocycles. The molecule has 2 saturated heterocycles. The van der Waals surface area contributed by atoms with Gasteiger partial charge in [-0.15, -0.1) is 34.5 Å². The third-order valence-electron chi connectivity index (χ3n) is 8.60. The number of likely N-dealkylation sites (tertiary alicyclic amines) is 2. The van der Waals surface area contributed by atoms with Gasteiger partial charge in [0.25, 0.3) is 11.8 Å². The molecule has 2 aromatic rings. The highest BCUT2D eigenvalue weighted by Gasteiger charge is 2.75. The summed E-state index contributed by atoms with van der Waals surface area (Å²) in [6, 6.07) is 6.91. The standard InChI is InChI=1S/C27H23BrCl2N2O6S/c1-31-24(36)26(29)10-16-14(5-6-15-19(16)23(35)32(22(15)34)11-13-4-3-7-39-13)20(27(26,30)25(31)37)12-8-17(28)21(33)18(9-12)38-2/h3-5,7-9,15-16,19-20,33H,6,10-11H2,1-2H3. The Kier molecular flexibility index (Phi) is 6.22. The number of halogens is 3. The third-order valence-corrected chi connectivity index (χ3v) is 11.5. The quantitative estimate of drug-likeness (QED) is 0.298. The van der Waals surface area contributed by atoms with Crippen molar-refractivity contribution >= 4 is 74.1 Å². The van der Waals surface area contributed by atoms with E-state index < -0.39 is 45.2 Å². The van der Waals surface area contributed by atoms with Crippen molar-refractivity contribution in [2.24, 2.45) is 17.8 Å². The van der Waals surface area contributed by atoms with Gasteiger partial charge in [-0.25, -0.2) is 0 Å². The Morgan fingerprint density at radius 3 is 2.56 bits per heavy atom. The predicted octanol–water partition coefficient (Wildman–Crippen LogP) is 4.41. The zero-order chi connectivity index (χ0) is 28.0. The summed E-state index contributed by atoms with van der Waals surface area (Å²) in [5.74, 6) is -4.74. The molecule has 2 aliphatic heterocycles. The monoisotopic (exact) mass is 652 g/mol. The highest BCUT2D eigenvalue weighted by atomic mass is 79.9. The highest BCUT2D eigenvalue weighted by Crippen LogP contribution is 2.65. The van der Waals surface area contributed by atoms with E-state index in [4.69, 9.17) is 27.9 Å². The molecule has 12 heteroatoms. The lowest BCUT2D eigenvalue weighted by molar-refractivity contribution is -0.141. The number of imide groups is 2. The number of carbonyl (C=O) groups excluding carboxylic acids is 4.